The number of imidazole rings is 1. The van der Waals surface area contributed by atoms with Crippen molar-refractivity contribution in [1.29, 1.82) is 0 Å². The summed E-state index contributed by atoms with van der Waals surface area (Å²) >= 11 is 6.33. The molecule has 0 bridgehead atoms. The third-order valence-corrected chi connectivity index (χ3v) is 4.12. The van der Waals surface area contributed by atoms with Crippen LogP contribution in [-0.2, 0) is 4.74 Å². The minimum Gasteiger partial charge on any atom is -0.378 e. The van der Waals surface area contributed by atoms with Gasteiger partial charge in [-0.05, 0) is 18.2 Å². The lowest BCUT2D eigenvalue weighted by Crippen LogP contribution is -2.36. The molecule has 0 radical (unpaired) electrons. The van der Waals surface area contributed by atoms with Gasteiger partial charge in [0.25, 0.3) is 0 Å². The number of anilines is 1. The van der Waals surface area contributed by atoms with Gasteiger partial charge in [-0.25, -0.2) is 9.97 Å². The topological polar surface area (TPSA) is 54.0 Å². The minimum atomic E-state index is 0.594. The van der Waals surface area contributed by atoms with Crippen molar-refractivity contribution in [1.82, 2.24) is 15.0 Å². The molecule has 112 valence electrons. The second-order valence-electron chi connectivity index (χ2n) is 5.22. The largest absolute Gasteiger partial charge is 0.378 e. The maximum Gasteiger partial charge on any atom is 0.140 e. The number of benzene rings is 1. The van der Waals surface area contributed by atoms with Crippen LogP contribution in [0.3, 0.4) is 0 Å². The number of halogens is 1. The molecule has 1 saturated heterocycles. The fourth-order valence-corrected chi connectivity index (χ4v) is 2.85. The second kappa shape index (κ2) is 5.59. The molecular weight excluding hydrogens is 300 g/mol. The Hall–Kier alpha value is -2.11. The monoisotopic (exact) mass is 314 g/mol. The number of H-pyrrole nitrogens is 1. The Kier molecular flexibility index (Phi) is 3.44. The molecule has 3 heterocycles. The zero-order valence-electron chi connectivity index (χ0n) is 11.9. The lowest BCUT2D eigenvalue weighted by molar-refractivity contribution is 0.122. The van der Waals surface area contributed by atoms with E-state index in [-0.39, 0.29) is 0 Å². The third-order valence-electron chi connectivity index (χ3n) is 3.82. The van der Waals surface area contributed by atoms with Crippen LogP contribution in [0.25, 0.3) is 22.4 Å². The number of para-hydroxylation sites is 2. The maximum atomic E-state index is 6.33. The molecule has 0 aliphatic carbocycles. The van der Waals surface area contributed by atoms with E-state index in [0.717, 1.165) is 54.5 Å². The molecule has 1 fully saturated rings. The molecule has 0 saturated carbocycles. The summed E-state index contributed by atoms with van der Waals surface area (Å²) in [4.78, 5) is 14.6. The summed E-state index contributed by atoms with van der Waals surface area (Å²) in [6.45, 7) is 3.14. The highest BCUT2D eigenvalue weighted by atomic mass is 35.5. The molecule has 4 rings (SSSR count). The number of morpholine rings is 1. The van der Waals surface area contributed by atoms with E-state index in [4.69, 9.17) is 16.3 Å². The van der Waals surface area contributed by atoms with Crippen LogP contribution in [0.2, 0.25) is 5.02 Å². The fourth-order valence-electron chi connectivity index (χ4n) is 2.65. The van der Waals surface area contributed by atoms with Gasteiger partial charge in [-0.2, -0.15) is 0 Å². The Morgan fingerprint density at radius 1 is 1.18 bits per heavy atom. The molecule has 1 aliphatic heterocycles. The van der Waals surface area contributed by atoms with Crippen molar-refractivity contribution in [3.8, 4) is 11.4 Å². The van der Waals surface area contributed by atoms with Gasteiger partial charge in [-0.3, -0.25) is 0 Å². The Balaban J connectivity index is 1.76. The van der Waals surface area contributed by atoms with Crippen LogP contribution >= 0.6 is 11.6 Å². The first-order valence-corrected chi connectivity index (χ1v) is 7.62. The van der Waals surface area contributed by atoms with E-state index in [9.17, 15) is 0 Å². The van der Waals surface area contributed by atoms with Crippen molar-refractivity contribution in [3.63, 3.8) is 0 Å². The SMILES string of the molecule is Clc1cnc(N2CCOCC2)cc1-c1nc2ccccc2[nH]1. The molecule has 1 aromatic carbocycles. The summed E-state index contributed by atoms with van der Waals surface area (Å²) in [6.07, 6.45) is 1.69. The average Bonchev–Trinajstić information content (AvgIpc) is 3.00. The molecule has 0 unspecified atom stereocenters. The molecule has 0 spiro atoms. The number of rotatable bonds is 2. The van der Waals surface area contributed by atoms with E-state index in [1.165, 1.54) is 0 Å². The number of nitrogens with one attached hydrogen (secondary N) is 1. The summed E-state index contributed by atoms with van der Waals surface area (Å²) < 4.78 is 5.39. The highest BCUT2D eigenvalue weighted by Gasteiger charge is 2.16. The van der Waals surface area contributed by atoms with E-state index in [1.807, 2.05) is 30.3 Å². The van der Waals surface area contributed by atoms with Crippen molar-refractivity contribution < 1.29 is 4.74 Å². The molecular formula is C16H15ClN4O. The van der Waals surface area contributed by atoms with Crippen LogP contribution in [0, 0.1) is 0 Å². The summed E-state index contributed by atoms with van der Waals surface area (Å²) in [5, 5.41) is 0.594. The Bertz CT molecular complexity index is 778. The molecule has 5 nitrogen and oxygen atoms in total. The molecule has 0 amide bonds. The van der Waals surface area contributed by atoms with Gasteiger partial charge in [0, 0.05) is 24.8 Å². The van der Waals surface area contributed by atoms with Crippen LogP contribution in [0.1, 0.15) is 0 Å². The molecule has 22 heavy (non-hydrogen) atoms. The van der Waals surface area contributed by atoms with E-state index in [0.29, 0.717) is 5.02 Å². The predicted molar refractivity (Wildman–Crippen MR) is 87.4 cm³/mol. The van der Waals surface area contributed by atoms with Crippen LogP contribution in [0.15, 0.2) is 36.5 Å². The van der Waals surface area contributed by atoms with Crippen LogP contribution in [0.4, 0.5) is 5.82 Å². The van der Waals surface area contributed by atoms with Gasteiger partial charge >= 0.3 is 0 Å². The van der Waals surface area contributed by atoms with Crippen molar-refractivity contribution in [2.24, 2.45) is 0 Å². The number of aromatic nitrogens is 3. The zero-order chi connectivity index (χ0) is 14.9. The molecule has 1 aliphatic rings. The van der Waals surface area contributed by atoms with Gasteiger partial charge in [0.2, 0.25) is 0 Å². The fraction of sp³-hybridized carbons (Fsp3) is 0.250. The van der Waals surface area contributed by atoms with Gasteiger partial charge in [0.15, 0.2) is 0 Å². The number of hydrogen-bond acceptors (Lipinski definition) is 4. The van der Waals surface area contributed by atoms with Gasteiger partial charge in [0.1, 0.15) is 11.6 Å². The van der Waals surface area contributed by atoms with Gasteiger partial charge < -0.3 is 14.6 Å². The van der Waals surface area contributed by atoms with Crippen molar-refractivity contribution in [3.05, 3.63) is 41.6 Å². The maximum absolute atomic E-state index is 6.33. The van der Waals surface area contributed by atoms with E-state index in [2.05, 4.69) is 19.9 Å². The van der Waals surface area contributed by atoms with Crippen LogP contribution in [-0.4, -0.2) is 41.3 Å². The number of fused-ring (bicyclic) bond motifs is 1. The summed E-state index contributed by atoms with van der Waals surface area (Å²) in [7, 11) is 0. The number of ether oxygens (including phenoxy) is 1. The van der Waals surface area contributed by atoms with Gasteiger partial charge in [-0.15, -0.1) is 0 Å². The molecule has 3 aromatic rings. The Morgan fingerprint density at radius 3 is 2.82 bits per heavy atom. The quantitative estimate of drug-likeness (QED) is 0.789. The lowest BCUT2D eigenvalue weighted by Gasteiger charge is -2.28. The normalized spacial score (nSPS) is 15.4. The Morgan fingerprint density at radius 2 is 2.00 bits per heavy atom. The van der Waals surface area contributed by atoms with Crippen LogP contribution in [0.5, 0.6) is 0 Å². The van der Waals surface area contributed by atoms with Crippen molar-refractivity contribution >= 4 is 28.5 Å². The standard InChI is InChI=1S/C16H15ClN4O/c17-12-10-18-15(21-5-7-22-8-6-21)9-11(12)16-19-13-3-1-2-4-14(13)20-16/h1-4,9-10H,5-8H2,(H,19,20). The number of hydrogen-bond donors (Lipinski definition) is 1. The van der Waals surface area contributed by atoms with E-state index in [1.54, 1.807) is 6.20 Å². The second-order valence-corrected chi connectivity index (χ2v) is 5.63. The number of nitrogens with zero attached hydrogens (tertiary/aromatic N) is 3. The first-order chi connectivity index (χ1) is 10.8. The third kappa shape index (κ3) is 2.42. The van der Waals surface area contributed by atoms with Crippen molar-refractivity contribution in [2.45, 2.75) is 0 Å². The molecule has 1 N–H and O–H groups in total. The van der Waals surface area contributed by atoms with E-state index < -0.39 is 0 Å². The summed E-state index contributed by atoms with van der Waals surface area (Å²) in [6, 6.07) is 9.93. The predicted octanol–water partition coefficient (Wildman–Crippen LogP) is 3.11. The van der Waals surface area contributed by atoms with Gasteiger partial charge in [0.05, 0.1) is 29.3 Å². The molecule has 6 heteroatoms. The smallest absolute Gasteiger partial charge is 0.140 e. The molecule has 0 atom stereocenters. The number of aromatic amines is 1. The highest BCUT2D eigenvalue weighted by Crippen LogP contribution is 2.30. The Labute approximate surface area is 132 Å². The summed E-state index contributed by atoms with van der Waals surface area (Å²) in [5.74, 6) is 1.67. The average molecular weight is 315 g/mol. The lowest BCUT2D eigenvalue weighted by atomic mass is 10.2. The highest BCUT2D eigenvalue weighted by molar-refractivity contribution is 6.33. The van der Waals surface area contributed by atoms with Crippen LogP contribution < -0.4 is 4.90 Å². The first-order valence-electron chi connectivity index (χ1n) is 7.24. The van der Waals surface area contributed by atoms with E-state index >= 15 is 0 Å². The molecule has 2 aromatic heterocycles. The van der Waals surface area contributed by atoms with Gasteiger partial charge in [-0.1, -0.05) is 23.7 Å². The minimum absolute atomic E-state index is 0.594. The first kappa shape index (κ1) is 13.5. The summed E-state index contributed by atoms with van der Waals surface area (Å²) in [5.41, 5.74) is 2.80. The van der Waals surface area contributed by atoms with Crippen molar-refractivity contribution in [2.75, 3.05) is 31.2 Å². The zero-order valence-corrected chi connectivity index (χ0v) is 12.7. The number of pyridine rings is 1.